The zero-order valence-electron chi connectivity index (χ0n) is 13.4. The lowest BCUT2D eigenvalue weighted by Crippen LogP contribution is -2.33. The van der Waals surface area contributed by atoms with E-state index in [1.807, 2.05) is 18.2 Å². The third kappa shape index (κ3) is 4.73. The van der Waals surface area contributed by atoms with Gasteiger partial charge in [0.1, 0.15) is 0 Å². The first-order valence-electron chi connectivity index (χ1n) is 8.39. The molecule has 124 valence electrons. The van der Waals surface area contributed by atoms with Gasteiger partial charge in [-0.2, -0.15) is 0 Å². The number of ether oxygens (including phenoxy) is 2. The Balaban J connectivity index is 1.37. The normalized spacial score (nSPS) is 17.6. The first kappa shape index (κ1) is 15.9. The predicted molar refractivity (Wildman–Crippen MR) is 89.5 cm³/mol. The molecule has 0 unspecified atom stereocenters. The highest BCUT2D eigenvalue weighted by molar-refractivity contribution is 5.91. The Morgan fingerprint density at radius 1 is 1.17 bits per heavy atom. The zero-order valence-corrected chi connectivity index (χ0v) is 13.4. The summed E-state index contributed by atoms with van der Waals surface area (Å²) in [5.41, 5.74) is 0.928. The lowest BCUT2D eigenvalue weighted by molar-refractivity contribution is -0.116. The van der Waals surface area contributed by atoms with E-state index >= 15 is 0 Å². The molecule has 5 nitrogen and oxygen atoms in total. The smallest absolute Gasteiger partial charge is 0.243 e. The highest BCUT2D eigenvalue weighted by Gasteiger charge is 2.12. The fraction of sp³-hybridized carbons (Fsp3) is 0.500. The summed E-state index contributed by atoms with van der Waals surface area (Å²) in [5, 5.41) is 2.94. The topological polar surface area (TPSA) is 50.8 Å². The third-order valence-corrected chi connectivity index (χ3v) is 4.22. The van der Waals surface area contributed by atoms with Gasteiger partial charge in [-0.1, -0.05) is 12.5 Å². The lowest BCUT2D eigenvalue weighted by atomic mass is 10.1. The Morgan fingerprint density at radius 2 is 2.00 bits per heavy atom. The quantitative estimate of drug-likeness (QED) is 0.647. The van der Waals surface area contributed by atoms with E-state index in [4.69, 9.17) is 9.47 Å². The van der Waals surface area contributed by atoms with Gasteiger partial charge in [0.05, 0.1) is 0 Å². The molecule has 1 aromatic carbocycles. The van der Waals surface area contributed by atoms with Crippen LogP contribution < -0.4 is 14.8 Å². The molecule has 0 aliphatic carbocycles. The van der Waals surface area contributed by atoms with Crippen molar-refractivity contribution in [2.45, 2.75) is 25.7 Å². The standard InChI is InChI=1S/C18H24N2O3/c21-18(19-9-4-12-20-10-2-1-3-11-20)8-6-15-5-7-16-17(13-15)23-14-22-16/h5-8,13H,1-4,9-12,14H2,(H,19,21)/b8-6+. The number of nitrogens with one attached hydrogen (secondary N) is 1. The van der Waals surface area contributed by atoms with Gasteiger partial charge in [-0.15, -0.1) is 0 Å². The number of amides is 1. The molecule has 0 spiro atoms. The molecule has 3 rings (SSSR count). The van der Waals surface area contributed by atoms with Gasteiger partial charge >= 0.3 is 0 Å². The molecule has 5 heteroatoms. The summed E-state index contributed by atoms with van der Waals surface area (Å²) < 4.78 is 10.6. The molecule has 1 fully saturated rings. The van der Waals surface area contributed by atoms with Crippen molar-refractivity contribution in [2.75, 3.05) is 33.0 Å². The second kappa shape index (κ2) is 8.02. The van der Waals surface area contributed by atoms with Crippen molar-refractivity contribution in [3.63, 3.8) is 0 Å². The molecule has 0 bridgehead atoms. The molecule has 1 aromatic rings. The van der Waals surface area contributed by atoms with Crippen LogP contribution in [0.15, 0.2) is 24.3 Å². The second-order valence-electron chi connectivity index (χ2n) is 5.99. The minimum Gasteiger partial charge on any atom is -0.454 e. The van der Waals surface area contributed by atoms with E-state index in [2.05, 4.69) is 10.2 Å². The van der Waals surface area contributed by atoms with Gasteiger partial charge in [0.15, 0.2) is 11.5 Å². The number of piperidine rings is 1. The maximum atomic E-state index is 11.8. The molecule has 2 aliphatic rings. The van der Waals surface area contributed by atoms with Crippen LogP contribution in [0.1, 0.15) is 31.2 Å². The summed E-state index contributed by atoms with van der Waals surface area (Å²) in [6, 6.07) is 5.65. The summed E-state index contributed by atoms with van der Waals surface area (Å²) in [7, 11) is 0. The zero-order chi connectivity index (χ0) is 15.9. The number of rotatable bonds is 6. The summed E-state index contributed by atoms with van der Waals surface area (Å²) in [6.07, 6.45) is 8.34. The van der Waals surface area contributed by atoms with Gasteiger partial charge in [-0.3, -0.25) is 4.79 Å². The van der Waals surface area contributed by atoms with Gasteiger partial charge in [0.25, 0.3) is 0 Å². The molecule has 2 aliphatic heterocycles. The van der Waals surface area contributed by atoms with Gasteiger partial charge in [0.2, 0.25) is 12.7 Å². The minimum absolute atomic E-state index is 0.0543. The van der Waals surface area contributed by atoms with Crippen molar-refractivity contribution >= 4 is 12.0 Å². The van der Waals surface area contributed by atoms with E-state index < -0.39 is 0 Å². The van der Waals surface area contributed by atoms with Crippen LogP contribution in [-0.4, -0.2) is 43.8 Å². The number of likely N-dealkylation sites (tertiary alicyclic amines) is 1. The molecule has 23 heavy (non-hydrogen) atoms. The fourth-order valence-corrected chi connectivity index (χ4v) is 2.94. The number of fused-ring (bicyclic) bond motifs is 1. The molecule has 0 atom stereocenters. The Kier molecular flexibility index (Phi) is 5.53. The highest BCUT2D eigenvalue weighted by Crippen LogP contribution is 2.32. The molecular weight excluding hydrogens is 292 g/mol. The summed E-state index contributed by atoms with van der Waals surface area (Å²) >= 11 is 0. The van der Waals surface area contributed by atoms with E-state index in [9.17, 15) is 4.79 Å². The first-order valence-corrected chi connectivity index (χ1v) is 8.39. The molecule has 1 saturated heterocycles. The van der Waals surface area contributed by atoms with E-state index in [-0.39, 0.29) is 12.7 Å². The number of carbonyl (C=O) groups excluding carboxylic acids is 1. The van der Waals surface area contributed by atoms with Crippen molar-refractivity contribution in [2.24, 2.45) is 0 Å². The molecule has 0 radical (unpaired) electrons. The average Bonchev–Trinajstić information content (AvgIpc) is 3.05. The Morgan fingerprint density at radius 3 is 2.87 bits per heavy atom. The first-order chi connectivity index (χ1) is 11.3. The second-order valence-corrected chi connectivity index (χ2v) is 5.99. The largest absolute Gasteiger partial charge is 0.454 e. The van der Waals surface area contributed by atoms with Crippen LogP contribution in [0.3, 0.4) is 0 Å². The Hall–Kier alpha value is -2.01. The van der Waals surface area contributed by atoms with Crippen molar-refractivity contribution in [1.29, 1.82) is 0 Å². The van der Waals surface area contributed by atoms with Crippen LogP contribution in [0.2, 0.25) is 0 Å². The molecule has 1 amide bonds. The van der Waals surface area contributed by atoms with Crippen LogP contribution in [0.4, 0.5) is 0 Å². The van der Waals surface area contributed by atoms with Crippen molar-refractivity contribution in [3.05, 3.63) is 29.8 Å². The Labute approximate surface area is 137 Å². The van der Waals surface area contributed by atoms with E-state index in [0.29, 0.717) is 0 Å². The lowest BCUT2D eigenvalue weighted by Gasteiger charge is -2.26. The van der Waals surface area contributed by atoms with Gasteiger partial charge in [-0.25, -0.2) is 0 Å². The number of carbonyl (C=O) groups is 1. The summed E-state index contributed by atoms with van der Waals surface area (Å²) in [5.74, 6) is 1.43. The van der Waals surface area contributed by atoms with E-state index in [1.165, 1.54) is 32.4 Å². The summed E-state index contributed by atoms with van der Waals surface area (Å²) in [4.78, 5) is 14.3. The monoisotopic (exact) mass is 316 g/mol. The SMILES string of the molecule is O=C(/C=C/c1ccc2c(c1)OCO2)NCCCN1CCCCC1. The fourth-order valence-electron chi connectivity index (χ4n) is 2.94. The van der Waals surface area contributed by atoms with Crippen molar-refractivity contribution in [3.8, 4) is 11.5 Å². The number of benzene rings is 1. The van der Waals surface area contributed by atoms with Crippen molar-refractivity contribution in [1.82, 2.24) is 10.2 Å². The van der Waals surface area contributed by atoms with Crippen LogP contribution in [-0.2, 0) is 4.79 Å². The van der Waals surface area contributed by atoms with Gasteiger partial charge < -0.3 is 19.7 Å². The Bertz CT molecular complexity index is 565. The number of hydrogen-bond donors (Lipinski definition) is 1. The number of nitrogens with zero attached hydrogens (tertiary/aromatic N) is 1. The van der Waals surface area contributed by atoms with Gasteiger partial charge in [-0.05, 0) is 62.7 Å². The summed E-state index contributed by atoms with van der Waals surface area (Å²) in [6.45, 7) is 4.48. The molecule has 1 N–H and O–H groups in total. The average molecular weight is 316 g/mol. The van der Waals surface area contributed by atoms with E-state index in [1.54, 1.807) is 12.2 Å². The number of hydrogen-bond acceptors (Lipinski definition) is 4. The predicted octanol–water partition coefficient (Wildman–Crippen LogP) is 2.42. The van der Waals surface area contributed by atoms with Crippen LogP contribution >= 0.6 is 0 Å². The minimum atomic E-state index is -0.0543. The molecular formula is C18H24N2O3. The van der Waals surface area contributed by atoms with Crippen LogP contribution in [0, 0.1) is 0 Å². The maximum absolute atomic E-state index is 11.8. The van der Waals surface area contributed by atoms with Gasteiger partial charge in [0, 0.05) is 12.6 Å². The van der Waals surface area contributed by atoms with Crippen molar-refractivity contribution < 1.29 is 14.3 Å². The molecule has 0 saturated carbocycles. The molecule has 2 heterocycles. The molecule has 0 aromatic heterocycles. The van der Waals surface area contributed by atoms with Crippen LogP contribution in [0.25, 0.3) is 6.08 Å². The highest BCUT2D eigenvalue weighted by atomic mass is 16.7. The van der Waals surface area contributed by atoms with Crippen LogP contribution in [0.5, 0.6) is 11.5 Å². The van der Waals surface area contributed by atoms with E-state index in [0.717, 1.165) is 36.6 Å². The maximum Gasteiger partial charge on any atom is 0.243 e. The third-order valence-electron chi connectivity index (χ3n) is 4.22.